The first-order valence-electron chi connectivity index (χ1n) is 16.9. The van der Waals surface area contributed by atoms with Crippen LogP contribution in [0.5, 0.6) is 11.5 Å². The second-order valence-electron chi connectivity index (χ2n) is 13.5. The Hall–Kier alpha value is -2.08. The van der Waals surface area contributed by atoms with Crippen LogP contribution in [0.25, 0.3) is 0 Å². The van der Waals surface area contributed by atoms with E-state index in [2.05, 4.69) is 37.3 Å². The highest BCUT2D eigenvalue weighted by atomic mass is 16.7. The fourth-order valence-corrected chi connectivity index (χ4v) is 8.60. The van der Waals surface area contributed by atoms with Crippen LogP contribution in [0.2, 0.25) is 0 Å². The molecule has 0 spiro atoms. The zero-order valence-electron chi connectivity index (χ0n) is 26.0. The Bertz CT molecular complexity index is 1130. The molecular formula is C37H52O5. The molecule has 0 bridgehead atoms. The van der Waals surface area contributed by atoms with E-state index in [1.807, 2.05) is 12.1 Å². The Morgan fingerprint density at radius 1 is 0.833 bits per heavy atom. The Morgan fingerprint density at radius 2 is 1.64 bits per heavy atom. The lowest BCUT2D eigenvalue weighted by atomic mass is 9.55. The maximum absolute atomic E-state index is 6.64. The lowest BCUT2D eigenvalue weighted by Gasteiger charge is -2.50. The van der Waals surface area contributed by atoms with Crippen LogP contribution in [0.3, 0.4) is 0 Å². The van der Waals surface area contributed by atoms with Gasteiger partial charge in [0.2, 0.25) is 0 Å². The van der Waals surface area contributed by atoms with Crippen molar-refractivity contribution >= 4 is 0 Å². The molecule has 42 heavy (non-hydrogen) atoms. The quantitative estimate of drug-likeness (QED) is 0.223. The molecule has 0 aromatic heterocycles. The van der Waals surface area contributed by atoms with Gasteiger partial charge in [0.05, 0.1) is 13.2 Å². The van der Waals surface area contributed by atoms with E-state index in [9.17, 15) is 0 Å². The number of unbranched alkanes of at least 4 members (excludes halogenated alkanes) is 3. The lowest BCUT2D eigenvalue weighted by molar-refractivity contribution is -0.162. The number of benzene rings is 2. The average Bonchev–Trinajstić information content (AvgIpc) is 3.37. The summed E-state index contributed by atoms with van der Waals surface area (Å²) in [5, 5.41) is 0. The maximum Gasteiger partial charge on any atom is 0.157 e. The second kappa shape index (κ2) is 14.1. The molecule has 6 atom stereocenters. The van der Waals surface area contributed by atoms with Gasteiger partial charge in [-0.25, -0.2) is 0 Å². The Labute approximate surface area is 253 Å². The first-order valence-corrected chi connectivity index (χ1v) is 16.9. The Kier molecular flexibility index (Phi) is 10.1. The van der Waals surface area contributed by atoms with Gasteiger partial charge in [-0.2, -0.15) is 0 Å². The largest absolute Gasteiger partial charge is 0.497 e. The minimum Gasteiger partial charge on any atom is -0.497 e. The molecule has 0 amide bonds. The van der Waals surface area contributed by atoms with E-state index in [0.29, 0.717) is 24.0 Å². The van der Waals surface area contributed by atoms with Gasteiger partial charge < -0.3 is 23.7 Å². The number of rotatable bonds is 13. The summed E-state index contributed by atoms with van der Waals surface area (Å²) in [7, 11) is 1.70. The van der Waals surface area contributed by atoms with Crippen molar-refractivity contribution in [3.8, 4) is 11.5 Å². The van der Waals surface area contributed by atoms with Gasteiger partial charge in [0.1, 0.15) is 18.1 Å². The van der Waals surface area contributed by atoms with Gasteiger partial charge in [-0.15, -0.1) is 0 Å². The zero-order valence-corrected chi connectivity index (χ0v) is 26.0. The van der Waals surface area contributed by atoms with Crippen LogP contribution in [0.15, 0.2) is 42.5 Å². The number of fused-ring (bicyclic) bond motifs is 5. The molecule has 5 nitrogen and oxygen atoms in total. The van der Waals surface area contributed by atoms with Crippen LogP contribution in [-0.2, 0) is 27.2 Å². The van der Waals surface area contributed by atoms with Gasteiger partial charge in [0.25, 0.3) is 0 Å². The van der Waals surface area contributed by atoms with Crippen LogP contribution >= 0.6 is 0 Å². The van der Waals surface area contributed by atoms with Crippen molar-refractivity contribution in [2.75, 3.05) is 26.9 Å². The van der Waals surface area contributed by atoms with E-state index in [0.717, 1.165) is 61.6 Å². The summed E-state index contributed by atoms with van der Waals surface area (Å²) in [6.45, 7) is 5.75. The third kappa shape index (κ3) is 6.84. The number of hydrogen-bond donors (Lipinski definition) is 0. The smallest absolute Gasteiger partial charge is 0.157 e. The zero-order chi connectivity index (χ0) is 28.8. The molecule has 2 aromatic rings. The summed E-state index contributed by atoms with van der Waals surface area (Å²) < 4.78 is 29.7. The van der Waals surface area contributed by atoms with Gasteiger partial charge in [-0.1, -0.05) is 38.0 Å². The van der Waals surface area contributed by atoms with Crippen LogP contribution in [0, 0.1) is 17.3 Å². The summed E-state index contributed by atoms with van der Waals surface area (Å²) in [5.74, 6) is 4.15. The van der Waals surface area contributed by atoms with E-state index in [-0.39, 0.29) is 6.29 Å². The highest BCUT2D eigenvalue weighted by Gasteiger charge is 2.55. The van der Waals surface area contributed by atoms with E-state index < -0.39 is 0 Å². The first kappa shape index (κ1) is 30.0. The normalized spacial score (nSPS) is 30.3. The summed E-state index contributed by atoms with van der Waals surface area (Å²) in [6.07, 6.45) is 16.3. The van der Waals surface area contributed by atoms with Gasteiger partial charge in [0.15, 0.2) is 6.29 Å². The third-order valence-electron chi connectivity index (χ3n) is 11.0. The van der Waals surface area contributed by atoms with Crippen molar-refractivity contribution in [2.45, 2.75) is 115 Å². The molecule has 2 aromatic carbocycles. The molecule has 1 unspecified atom stereocenters. The predicted octanol–water partition coefficient (Wildman–Crippen LogP) is 8.62. The van der Waals surface area contributed by atoms with Gasteiger partial charge >= 0.3 is 0 Å². The molecule has 230 valence electrons. The second-order valence-corrected chi connectivity index (χ2v) is 13.5. The fraction of sp³-hybridized carbons (Fsp3) is 0.676. The SMILES string of the molecule is COc1ccc(COc2ccc3c(c2)CC[C@@H]2[C@@H]3CC[C@]3(C)[C@@H](OCCCCCCOC4CCCCO4)CC[C@@H]23)cc1. The maximum atomic E-state index is 6.64. The molecule has 3 fully saturated rings. The number of ether oxygens (including phenoxy) is 5. The molecular weight excluding hydrogens is 524 g/mol. The molecule has 0 N–H and O–H groups in total. The summed E-state index contributed by atoms with van der Waals surface area (Å²) in [5.41, 5.74) is 4.60. The van der Waals surface area contributed by atoms with Crippen molar-refractivity contribution in [1.82, 2.24) is 0 Å². The minimum absolute atomic E-state index is 0.0492. The molecule has 4 aliphatic rings. The van der Waals surface area contributed by atoms with Gasteiger partial charge in [-0.3, -0.25) is 0 Å². The van der Waals surface area contributed by atoms with Crippen molar-refractivity contribution in [2.24, 2.45) is 17.3 Å². The van der Waals surface area contributed by atoms with Crippen LogP contribution < -0.4 is 9.47 Å². The van der Waals surface area contributed by atoms with Gasteiger partial charge in [-0.05, 0) is 135 Å². The number of methoxy groups -OCH3 is 1. The summed E-state index contributed by atoms with van der Waals surface area (Å²) in [4.78, 5) is 0. The standard InChI is InChI=1S/C37H52O5/c1-37-21-20-32-31-17-15-30(42-26-27-10-13-29(38-2)14-11-27)25-28(31)12-16-33(32)34(37)18-19-35(37)39-22-6-3-4-7-23-40-36-9-5-8-24-41-36/h10-11,13-15,17,25,32-36H,3-9,12,16,18-24,26H2,1-2H3/t32-,33-,34+,35+,36?,37+/m1/s1. The molecule has 0 radical (unpaired) electrons. The molecule has 1 saturated heterocycles. The van der Waals surface area contributed by atoms with Crippen molar-refractivity contribution < 1.29 is 23.7 Å². The monoisotopic (exact) mass is 576 g/mol. The van der Waals surface area contributed by atoms with Crippen LogP contribution in [0.4, 0.5) is 0 Å². The highest BCUT2D eigenvalue weighted by Crippen LogP contribution is 2.61. The summed E-state index contributed by atoms with van der Waals surface area (Å²) >= 11 is 0. The number of aryl methyl sites for hydroxylation is 1. The predicted molar refractivity (Wildman–Crippen MR) is 166 cm³/mol. The van der Waals surface area contributed by atoms with Crippen molar-refractivity contribution in [1.29, 1.82) is 0 Å². The average molecular weight is 577 g/mol. The molecule has 1 heterocycles. The minimum atomic E-state index is 0.0492. The van der Waals surface area contributed by atoms with Gasteiger partial charge in [0, 0.05) is 19.8 Å². The fourth-order valence-electron chi connectivity index (χ4n) is 8.60. The Morgan fingerprint density at radius 3 is 2.43 bits per heavy atom. The molecule has 1 aliphatic heterocycles. The third-order valence-corrected chi connectivity index (χ3v) is 11.0. The summed E-state index contributed by atoms with van der Waals surface area (Å²) in [6, 6.07) is 15.0. The van der Waals surface area contributed by atoms with E-state index in [1.165, 1.54) is 76.2 Å². The van der Waals surface area contributed by atoms with Crippen LogP contribution in [0.1, 0.15) is 107 Å². The van der Waals surface area contributed by atoms with Crippen molar-refractivity contribution in [3.63, 3.8) is 0 Å². The highest BCUT2D eigenvalue weighted by molar-refractivity contribution is 5.41. The molecule has 6 rings (SSSR count). The van der Waals surface area contributed by atoms with E-state index in [1.54, 1.807) is 12.7 Å². The molecule has 2 saturated carbocycles. The molecule has 3 aliphatic carbocycles. The molecule has 5 heteroatoms. The van der Waals surface area contributed by atoms with Crippen molar-refractivity contribution in [3.05, 3.63) is 59.2 Å². The number of hydrogen-bond acceptors (Lipinski definition) is 5. The Balaban J connectivity index is 0.946. The van der Waals surface area contributed by atoms with E-state index >= 15 is 0 Å². The topological polar surface area (TPSA) is 46.2 Å². The van der Waals surface area contributed by atoms with Crippen LogP contribution in [-0.4, -0.2) is 39.3 Å². The lowest BCUT2D eigenvalue weighted by Crippen LogP contribution is -2.44. The van der Waals surface area contributed by atoms with E-state index in [4.69, 9.17) is 23.7 Å². The first-order chi connectivity index (χ1) is 20.6.